The third-order valence-electron chi connectivity index (χ3n) is 3.86. The Morgan fingerprint density at radius 3 is 2.68 bits per heavy atom. The van der Waals surface area contributed by atoms with E-state index in [4.69, 9.17) is 9.47 Å². The molecule has 110 valence electrons. The fourth-order valence-corrected chi connectivity index (χ4v) is 2.74. The molecule has 0 fully saturated rings. The van der Waals surface area contributed by atoms with Gasteiger partial charge in [0.25, 0.3) is 0 Å². The van der Waals surface area contributed by atoms with Gasteiger partial charge < -0.3 is 9.47 Å². The van der Waals surface area contributed by atoms with E-state index >= 15 is 0 Å². The zero-order valence-corrected chi connectivity index (χ0v) is 12.5. The lowest BCUT2D eigenvalue weighted by molar-refractivity contribution is 0.174. The van der Waals surface area contributed by atoms with E-state index in [1.807, 2.05) is 29.9 Å². The maximum atomic E-state index is 5.44. The predicted octanol–water partition coefficient (Wildman–Crippen LogP) is 3.79. The van der Waals surface area contributed by atoms with Gasteiger partial charge in [0.2, 0.25) is 6.79 Å². The van der Waals surface area contributed by atoms with E-state index in [0.717, 1.165) is 28.5 Å². The van der Waals surface area contributed by atoms with Gasteiger partial charge in [0, 0.05) is 18.2 Å². The maximum absolute atomic E-state index is 5.44. The van der Waals surface area contributed by atoms with Crippen LogP contribution in [0.2, 0.25) is 0 Å². The largest absolute Gasteiger partial charge is 0.454 e. The molecule has 0 saturated carbocycles. The lowest BCUT2D eigenvalue weighted by Gasteiger charge is -2.02. The van der Waals surface area contributed by atoms with Crippen LogP contribution in [0.3, 0.4) is 0 Å². The van der Waals surface area contributed by atoms with E-state index in [9.17, 15) is 0 Å². The van der Waals surface area contributed by atoms with Crippen LogP contribution in [-0.4, -0.2) is 16.6 Å². The summed E-state index contributed by atoms with van der Waals surface area (Å²) in [5.41, 5.74) is 5.46. The van der Waals surface area contributed by atoms with Crippen LogP contribution >= 0.6 is 0 Å². The van der Waals surface area contributed by atoms with Crippen molar-refractivity contribution in [1.82, 2.24) is 9.78 Å². The molecule has 2 heterocycles. The van der Waals surface area contributed by atoms with Crippen LogP contribution < -0.4 is 9.47 Å². The van der Waals surface area contributed by atoms with E-state index in [0.29, 0.717) is 0 Å². The number of hydrogen-bond acceptors (Lipinski definition) is 3. The molecule has 1 aliphatic heterocycles. The van der Waals surface area contributed by atoms with Crippen LogP contribution in [0.5, 0.6) is 11.5 Å². The minimum atomic E-state index is 0.287. The highest BCUT2D eigenvalue weighted by Crippen LogP contribution is 2.36. The fourth-order valence-electron chi connectivity index (χ4n) is 2.74. The third kappa shape index (κ3) is 2.13. The third-order valence-corrected chi connectivity index (χ3v) is 3.86. The highest BCUT2D eigenvalue weighted by atomic mass is 16.7. The van der Waals surface area contributed by atoms with Gasteiger partial charge in [-0.1, -0.05) is 23.8 Å². The number of aryl methyl sites for hydroxylation is 2. The Morgan fingerprint density at radius 1 is 0.955 bits per heavy atom. The van der Waals surface area contributed by atoms with Crippen molar-refractivity contribution in [3.8, 4) is 34.0 Å². The van der Waals surface area contributed by atoms with E-state index in [2.05, 4.69) is 42.4 Å². The standard InChI is InChI=1S/C18H16N2O2/c1-12-4-3-5-14(8-12)16-10-15(19-20(16)2)13-6-7-17-18(9-13)22-11-21-17/h3-10H,11H2,1-2H3. The van der Waals surface area contributed by atoms with Gasteiger partial charge in [-0.15, -0.1) is 0 Å². The van der Waals surface area contributed by atoms with Crippen molar-refractivity contribution in [2.24, 2.45) is 7.05 Å². The summed E-state index contributed by atoms with van der Waals surface area (Å²) in [6.07, 6.45) is 0. The lowest BCUT2D eigenvalue weighted by atomic mass is 10.1. The molecule has 0 spiro atoms. The van der Waals surface area contributed by atoms with Gasteiger partial charge in [-0.3, -0.25) is 4.68 Å². The highest BCUT2D eigenvalue weighted by Gasteiger charge is 2.16. The topological polar surface area (TPSA) is 36.3 Å². The number of nitrogens with zero attached hydrogens (tertiary/aromatic N) is 2. The smallest absolute Gasteiger partial charge is 0.231 e. The molecule has 0 amide bonds. The van der Waals surface area contributed by atoms with Crippen molar-refractivity contribution in [1.29, 1.82) is 0 Å². The maximum Gasteiger partial charge on any atom is 0.231 e. The molecule has 1 aliphatic rings. The Labute approximate surface area is 128 Å². The van der Waals surface area contributed by atoms with Gasteiger partial charge in [0.1, 0.15) is 0 Å². The summed E-state index contributed by atoms with van der Waals surface area (Å²) in [5, 5.41) is 4.63. The van der Waals surface area contributed by atoms with Crippen molar-refractivity contribution < 1.29 is 9.47 Å². The molecule has 3 aromatic rings. The Morgan fingerprint density at radius 2 is 1.82 bits per heavy atom. The molecule has 2 aromatic carbocycles. The molecule has 0 unspecified atom stereocenters. The summed E-state index contributed by atoms with van der Waals surface area (Å²) in [6, 6.07) is 16.5. The minimum Gasteiger partial charge on any atom is -0.454 e. The Kier molecular flexibility index (Phi) is 2.89. The summed E-state index contributed by atoms with van der Waals surface area (Å²) >= 11 is 0. The Hall–Kier alpha value is -2.75. The number of hydrogen-bond donors (Lipinski definition) is 0. The zero-order valence-electron chi connectivity index (χ0n) is 12.5. The summed E-state index contributed by atoms with van der Waals surface area (Å²) < 4.78 is 12.7. The molecule has 1 aromatic heterocycles. The molecule has 0 N–H and O–H groups in total. The second kappa shape index (κ2) is 4.91. The molecule has 0 radical (unpaired) electrons. The summed E-state index contributed by atoms with van der Waals surface area (Å²) in [7, 11) is 1.97. The number of rotatable bonds is 2. The van der Waals surface area contributed by atoms with E-state index in [1.54, 1.807) is 0 Å². The number of fused-ring (bicyclic) bond motifs is 1. The molecule has 0 bridgehead atoms. The van der Waals surface area contributed by atoms with E-state index < -0.39 is 0 Å². The van der Waals surface area contributed by atoms with Crippen molar-refractivity contribution in [2.75, 3.05) is 6.79 Å². The first-order valence-electron chi connectivity index (χ1n) is 7.22. The first kappa shape index (κ1) is 13.0. The van der Waals surface area contributed by atoms with E-state index in [1.165, 1.54) is 11.1 Å². The Balaban J connectivity index is 1.77. The van der Waals surface area contributed by atoms with Crippen LogP contribution in [0, 0.1) is 6.92 Å². The van der Waals surface area contributed by atoms with Crippen molar-refractivity contribution in [3.05, 3.63) is 54.1 Å². The molecule has 4 heteroatoms. The molecule has 4 nitrogen and oxygen atoms in total. The van der Waals surface area contributed by atoms with Crippen molar-refractivity contribution in [3.63, 3.8) is 0 Å². The molecule has 22 heavy (non-hydrogen) atoms. The highest BCUT2D eigenvalue weighted by molar-refractivity contribution is 5.71. The van der Waals surface area contributed by atoms with Gasteiger partial charge in [-0.05, 0) is 37.3 Å². The second-order valence-corrected chi connectivity index (χ2v) is 5.48. The van der Waals surface area contributed by atoms with Crippen LogP contribution in [0.4, 0.5) is 0 Å². The predicted molar refractivity (Wildman–Crippen MR) is 84.9 cm³/mol. The monoisotopic (exact) mass is 292 g/mol. The summed E-state index contributed by atoms with van der Waals surface area (Å²) in [5.74, 6) is 1.57. The van der Waals surface area contributed by atoms with Crippen LogP contribution in [0.15, 0.2) is 48.5 Å². The number of aromatic nitrogens is 2. The average Bonchev–Trinajstić information content (AvgIpc) is 3.12. The summed E-state index contributed by atoms with van der Waals surface area (Å²) in [6.45, 7) is 2.38. The number of benzene rings is 2. The van der Waals surface area contributed by atoms with Gasteiger partial charge in [0.15, 0.2) is 11.5 Å². The normalized spacial score (nSPS) is 12.6. The fraction of sp³-hybridized carbons (Fsp3) is 0.167. The molecular formula is C18H16N2O2. The van der Waals surface area contributed by atoms with Crippen molar-refractivity contribution >= 4 is 0 Å². The lowest BCUT2D eigenvalue weighted by Crippen LogP contribution is -1.94. The first-order valence-corrected chi connectivity index (χ1v) is 7.22. The molecule has 0 saturated heterocycles. The SMILES string of the molecule is Cc1cccc(-c2cc(-c3ccc4c(c3)OCO4)nn2C)c1. The minimum absolute atomic E-state index is 0.287. The van der Waals surface area contributed by atoms with Crippen LogP contribution in [0.1, 0.15) is 5.56 Å². The summed E-state index contributed by atoms with van der Waals surface area (Å²) in [4.78, 5) is 0. The van der Waals surface area contributed by atoms with Gasteiger partial charge in [0.05, 0.1) is 11.4 Å². The van der Waals surface area contributed by atoms with E-state index in [-0.39, 0.29) is 6.79 Å². The van der Waals surface area contributed by atoms with Gasteiger partial charge in [-0.25, -0.2) is 0 Å². The molecule has 0 atom stereocenters. The van der Waals surface area contributed by atoms with Crippen molar-refractivity contribution in [2.45, 2.75) is 6.92 Å². The van der Waals surface area contributed by atoms with Gasteiger partial charge in [-0.2, -0.15) is 5.10 Å². The number of ether oxygens (including phenoxy) is 2. The Bertz CT molecular complexity index is 852. The molecule has 0 aliphatic carbocycles. The molecular weight excluding hydrogens is 276 g/mol. The zero-order chi connectivity index (χ0) is 15.1. The van der Waals surface area contributed by atoms with Crippen LogP contribution in [-0.2, 0) is 7.05 Å². The van der Waals surface area contributed by atoms with Crippen LogP contribution in [0.25, 0.3) is 22.5 Å². The average molecular weight is 292 g/mol. The molecule has 4 rings (SSSR count). The first-order chi connectivity index (χ1) is 10.7. The van der Waals surface area contributed by atoms with Gasteiger partial charge >= 0.3 is 0 Å². The second-order valence-electron chi connectivity index (χ2n) is 5.48. The quantitative estimate of drug-likeness (QED) is 0.721.